The number of β-amino-alcohol motifs (C(OH)–C–C–N with tert-alkyl or cyclic N) is 1. The molecule has 1 fully saturated rings. The van der Waals surface area contributed by atoms with Crippen molar-refractivity contribution in [1.29, 1.82) is 0 Å². The summed E-state index contributed by atoms with van der Waals surface area (Å²) in [6.45, 7) is 3.97. The molecule has 0 aliphatic carbocycles. The quantitative estimate of drug-likeness (QED) is 0.906. The summed E-state index contributed by atoms with van der Waals surface area (Å²) in [5, 5.41) is 10.3. The first-order valence-electron chi connectivity index (χ1n) is 8.69. The van der Waals surface area contributed by atoms with Crippen molar-refractivity contribution >= 4 is 10.0 Å². The number of rotatable bonds is 3. The first-order chi connectivity index (χ1) is 11.9. The van der Waals surface area contributed by atoms with Gasteiger partial charge in [-0.15, -0.1) is 0 Å². The average Bonchev–Trinajstić information content (AvgIpc) is 3.16. The molecule has 0 saturated carbocycles. The third-order valence-corrected chi connectivity index (χ3v) is 7.72. The molecule has 6 nitrogen and oxygen atoms in total. The van der Waals surface area contributed by atoms with E-state index in [-0.39, 0.29) is 18.5 Å². The molecule has 1 N–H and O–H groups in total. The fourth-order valence-electron chi connectivity index (χ4n) is 4.13. The molecule has 1 saturated heterocycles. The number of hydrogen-bond donors (Lipinski definition) is 1. The highest BCUT2D eigenvalue weighted by Gasteiger charge is 2.42. The minimum absolute atomic E-state index is 0.00704. The van der Waals surface area contributed by atoms with Gasteiger partial charge < -0.3 is 9.67 Å². The maximum atomic E-state index is 12.4. The summed E-state index contributed by atoms with van der Waals surface area (Å²) in [6, 6.07) is 8.20. The van der Waals surface area contributed by atoms with E-state index in [1.165, 1.54) is 9.87 Å². The molecule has 25 heavy (non-hydrogen) atoms. The second kappa shape index (κ2) is 5.93. The van der Waals surface area contributed by atoms with Gasteiger partial charge in [-0.3, -0.25) is 0 Å². The van der Waals surface area contributed by atoms with Gasteiger partial charge in [-0.1, -0.05) is 24.3 Å². The first-order valence-corrected chi connectivity index (χ1v) is 10.2. The zero-order valence-electron chi connectivity index (χ0n) is 14.4. The predicted octanol–water partition coefficient (Wildman–Crippen LogP) is 1.87. The molecule has 2 aliphatic rings. The minimum Gasteiger partial charge on any atom is -0.391 e. The van der Waals surface area contributed by atoms with Crippen molar-refractivity contribution in [3.63, 3.8) is 0 Å². The van der Waals surface area contributed by atoms with Crippen molar-refractivity contribution < 1.29 is 13.5 Å². The number of aromatic nitrogens is 2. The lowest BCUT2D eigenvalue weighted by Crippen LogP contribution is -2.50. The van der Waals surface area contributed by atoms with E-state index in [4.69, 9.17) is 0 Å². The highest BCUT2D eigenvalue weighted by Crippen LogP contribution is 2.45. The molecule has 1 aromatic carbocycles. The number of benzene rings is 1. The molecule has 134 valence electrons. The van der Waals surface area contributed by atoms with Crippen LogP contribution in [0.25, 0.3) is 11.3 Å². The number of hydrogen-bond acceptors (Lipinski definition) is 4. The standard InChI is InChI=1S/C18H23N3O3S/c1-12(2)25(23,24)20-8-7-15(17(22)10-20)18-14-6-4-3-5-13(14)16-9-19-11-21(16)18/h3-6,9,11-12,15,17-18,22H,7-8,10H2,1-2H3/t15-,17-,18?/m1/s1. The fraction of sp³-hybridized carbons (Fsp3) is 0.500. The lowest BCUT2D eigenvalue weighted by molar-refractivity contribution is 0.0341. The van der Waals surface area contributed by atoms with E-state index in [0.29, 0.717) is 13.0 Å². The van der Waals surface area contributed by atoms with Crippen molar-refractivity contribution in [2.75, 3.05) is 13.1 Å². The number of aliphatic hydroxyl groups is 1. The molecule has 1 unspecified atom stereocenters. The van der Waals surface area contributed by atoms with Crippen molar-refractivity contribution in [1.82, 2.24) is 13.9 Å². The van der Waals surface area contributed by atoms with Gasteiger partial charge in [0.05, 0.1) is 35.6 Å². The third-order valence-electron chi connectivity index (χ3n) is 5.48. The van der Waals surface area contributed by atoms with E-state index in [9.17, 15) is 13.5 Å². The van der Waals surface area contributed by atoms with Gasteiger partial charge in [0.25, 0.3) is 0 Å². The Hall–Kier alpha value is -1.70. The van der Waals surface area contributed by atoms with Crippen LogP contribution in [-0.2, 0) is 10.0 Å². The molecule has 3 heterocycles. The van der Waals surface area contributed by atoms with Crippen LogP contribution in [0.5, 0.6) is 0 Å². The van der Waals surface area contributed by atoms with E-state index in [1.54, 1.807) is 13.8 Å². The molecule has 4 rings (SSSR count). The van der Waals surface area contributed by atoms with Gasteiger partial charge in [0.15, 0.2) is 0 Å². The summed E-state index contributed by atoms with van der Waals surface area (Å²) in [5.74, 6) is -0.0322. The van der Waals surface area contributed by atoms with E-state index in [0.717, 1.165) is 11.3 Å². The maximum Gasteiger partial charge on any atom is 0.216 e. The molecule has 1 aromatic heterocycles. The van der Waals surface area contributed by atoms with Crippen LogP contribution < -0.4 is 0 Å². The lowest BCUT2D eigenvalue weighted by Gasteiger charge is -2.39. The van der Waals surface area contributed by atoms with Gasteiger partial charge in [0.2, 0.25) is 10.0 Å². The van der Waals surface area contributed by atoms with E-state index < -0.39 is 21.4 Å². The Kier molecular flexibility index (Phi) is 3.97. The molecule has 0 spiro atoms. The summed E-state index contributed by atoms with van der Waals surface area (Å²) >= 11 is 0. The van der Waals surface area contributed by atoms with Gasteiger partial charge in [-0.2, -0.15) is 4.31 Å². The number of fused-ring (bicyclic) bond motifs is 3. The van der Waals surface area contributed by atoms with Crippen LogP contribution in [0.1, 0.15) is 31.9 Å². The number of sulfonamides is 1. The van der Waals surface area contributed by atoms with Gasteiger partial charge in [0.1, 0.15) is 0 Å². The minimum atomic E-state index is -3.34. The topological polar surface area (TPSA) is 75.4 Å². The second-order valence-electron chi connectivity index (χ2n) is 7.19. The SMILES string of the molecule is CC(C)S(=O)(=O)N1CC[C@@H](C2c3ccccc3-c3cncn32)[C@H](O)C1. The molecular weight excluding hydrogens is 338 g/mol. The van der Waals surface area contributed by atoms with Crippen LogP contribution in [0.2, 0.25) is 0 Å². The monoisotopic (exact) mass is 361 g/mol. The highest BCUT2D eigenvalue weighted by atomic mass is 32.2. The summed E-state index contributed by atoms with van der Waals surface area (Å²) in [5.41, 5.74) is 3.39. The van der Waals surface area contributed by atoms with Crippen molar-refractivity contribution in [2.24, 2.45) is 5.92 Å². The van der Waals surface area contributed by atoms with Crippen LogP contribution in [0, 0.1) is 5.92 Å². The average molecular weight is 361 g/mol. The number of piperidine rings is 1. The van der Waals surface area contributed by atoms with Crippen LogP contribution in [0.4, 0.5) is 0 Å². The van der Waals surface area contributed by atoms with Crippen molar-refractivity contribution in [3.05, 3.63) is 42.4 Å². The van der Waals surface area contributed by atoms with E-state index in [1.807, 2.05) is 24.7 Å². The summed E-state index contributed by atoms with van der Waals surface area (Å²) in [6.07, 6.45) is 3.59. The molecule has 2 aliphatic heterocycles. The normalized spacial score (nSPS) is 26.6. The molecule has 0 radical (unpaired) electrons. The Morgan fingerprint density at radius 3 is 2.76 bits per heavy atom. The molecular formula is C18H23N3O3S. The molecule has 2 aromatic rings. The maximum absolute atomic E-state index is 12.4. The number of imidazole rings is 1. The third kappa shape index (κ3) is 2.53. The smallest absolute Gasteiger partial charge is 0.216 e. The van der Waals surface area contributed by atoms with Crippen molar-refractivity contribution in [3.8, 4) is 11.3 Å². The molecule has 0 bridgehead atoms. The van der Waals surface area contributed by atoms with Gasteiger partial charge in [-0.05, 0) is 25.8 Å². The molecule has 3 atom stereocenters. The van der Waals surface area contributed by atoms with Gasteiger partial charge >= 0.3 is 0 Å². The Morgan fingerprint density at radius 2 is 2.04 bits per heavy atom. The van der Waals surface area contributed by atoms with E-state index in [2.05, 4.69) is 21.7 Å². The Balaban J connectivity index is 1.65. The zero-order chi connectivity index (χ0) is 17.8. The van der Waals surface area contributed by atoms with E-state index >= 15 is 0 Å². The second-order valence-corrected chi connectivity index (χ2v) is 9.68. The predicted molar refractivity (Wildman–Crippen MR) is 95.5 cm³/mol. The Bertz CT molecular complexity index is 890. The van der Waals surface area contributed by atoms with Gasteiger partial charge in [0, 0.05) is 24.6 Å². The Labute approximate surface area is 148 Å². The fourth-order valence-corrected chi connectivity index (χ4v) is 5.44. The van der Waals surface area contributed by atoms with Crippen LogP contribution in [0.3, 0.4) is 0 Å². The summed E-state index contributed by atoms with van der Waals surface area (Å²) in [7, 11) is -3.34. The van der Waals surface area contributed by atoms with Gasteiger partial charge in [-0.25, -0.2) is 13.4 Å². The highest BCUT2D eigenvalue weighted by molar-refractivity contribution is 7.89. The van der Waals surface area contributed by atoms with Crippen LogP contribution in [-0.4, -0.2) is 51.8 Å². The van der Waals surface area contributed by atoms with Crippen molar-refractivity contribution in [2.45, 2.75) is 37.7 Å². The number of aliphatic hydroxyl groups excluding tert-OH is 1. The largest absolute Gasteiger partial charge is 0.391 e. The zero-order valence-corrected chi connectivity index (χ0v) is 15.2. The summed E-state index contributed by atoms with van der Waals surface area (Å²) < 4.78 is 28.4. The Morgan fingerprint density at radius 1 is 1.28 bits per heavy atom. The lowest BCUT2D eigenvalue weighted by atomic mass is 9.84. The molecule has 0 amide bonds. The number of nitrogens with zero attached hydrogens (tertiary/aromatic N) is 3. The van der Waals surface area contributed by atoms with Crippen LogP contribution in [0.15, 0.2) is 36.8 Å². The molecule has 7 heteroatoms. The summed E-state index contributed by atoms with van der Waals surface area (Å²) in [4.78, 5) is 4.27. The van der Waals surface area contributed by atoms with Crippen LogP contribution >= 0.6 is 0 Å². The first kappa shape index (κ1) is 16.8.